The Labute approximate surface area is 176 Å². The molecule has 1 heterocycles. The molecule has 0 bridgehead atoms. The zero-order chi connectivity index (χ0) is 23.8. The van der Waals surface area contributed by atoms with E-state index in [-0.39, 0.29) is 30.7 Å². The van der Waals surface area contributed by atoms with Crippen LogP contribution in [0.15, 0.2) is 18.3 Å². The van der Waals surface area contributed by atoms with Crippen LogP contribution in [-0.2, 0) is 14.4 Å². The molecule has 0 aromatic carbocycles. The number of carboxylic acid groups (broad SMARTS) is 3. The maximum atomic E-state index is 12.7. The van der Waals surface area contributed by atoms with E-state index in [2.05, 4.69) is 16.0 Å². The molecule has 0 aliphatic rings. The summed E-state index contributed by atoms with van der Waals surface area (Å²) in [6.07, 6.45) is 2.88. The molecular weight excluding hydrogens is 419 g/mol. The molecule has 0 saturated heterocycles. The molecule has 31 heavy (non-hydrogen) atoms. The topological polar surface area (TPSA) is 209 Å². The highest BCUT2D eigenvalue weighted by atomic mass is 19.1. The summed E-state index contributed by atoms with van der Waals surface area (Å²) in [7, 11) is 0. The number of carbonyl (C=O) groups excluding carboxylic acids is 2. The van der Waals surface area contributed by atoms with Crippen LogP contribution >= 0.6 is 0 Å². The van der Waals surface area contributed by atoms with E-state index in [1.54, 1.807) is 0 Å². The molecule has 12 nitrogen and oxygen atoms in total. The number of rotatable bonds is 12. The number of carboxylic acids is 3. The van der Waals surface area contributed by atoms with Gasteiger partial charge in [-0.2, -0.15) is 4.39 Å². The van der Waals surface area contributed by atoms with Crippen LogP contribution < -0.4 is 16.4 Å². The SMILES string of the molecule is NC(=O)NC(CCC(=O)O)C(=O)O.O=C(O)CCCCCNC(=O)c1ccnc(F)c1. The van der Waals surface area contributed by atoms with Crippen LogP contribution in [0.25, 0.3) is 0 Å². The number of hydrogen-bond acceptors (Lipinski definition) is 6. The minimum Gasteiger partial charge on any atom is -0.481 e. The predicted molar refractivity (Wildman–Crippen MR) is 104 cm³/mol. The average Bonchev–Trinajstić information content (AvgIpc) is 2.67. The number of aliphatic carboxylic acids is 3. The van der Waals surface area contributed by atoms with Crippen LogP contribution in [0.2, 0.25) is 0 Å². The Morgan fingerprint density at radius 1 is 1.03 bits per heavy atom. The normalized spacial score (nSPS) is 10.7. The minimum absolute atomic E-state index is 0.142. The van der Waals surface area contributed by atoms with Crippen molar-refractivity contribution in [2.24, 2.45) is 5.73 Å². The highest BCUT2D eigenvalue weighted by Crippen LogP contribution is 2.02. The van der Waals surface area contributed by atoms with Gasteiger partial charge in [0.25, 0.3) is 5.91 Å². The minimum atomic E-state index is -1.31. The number of aromatic nitrogens is 1. The molecule has 1 aromatic rings. The number of hydrogen-bond donors (Lipinski definition) is 6. The number of unbranched alkanes of at least 4 members (excludes halogenated alkanes) is 2. The molecule has 7 N–H and O–H groups in total. The summed E-state index contributed by atoms with van der Waals surface area (Å²) in [5.41, 5.74) is 4.91. The maximum absolute atomic E-state index is 12.7. The first-order valence-electron chi connectivity index (χ1n) is 9.15. The molecule has 1 unspecified atom stereocenters. The molecule has 0 radical (unpaired) electrons. The monoisotopic (exact) mass is 444 g/mol. The third-order valence-corrected chi connectivity index (χ3v) is 3.60. The van der Waals surface area contributed by atoms with Crippen molar-refractivity contribution < 1.29 is 43.7 Å². The molecule has 13 heteroatoms. The van der Waals surface area contributed by atoms with Gasteiger partial charge in [0.2, 0.25) is 5.95 Å². The van der Waals surface area contributed by atoms with E-state index >= 15 is 0 Å². The smallest absolute Gasteiger partial charge is 0.326 e. The quantitative estimate of drug-likeness (QED) is 0.196. The van der Waals surface area contributed by atoms with Crippen molar-refractivity contribution in [2.75, 3.05) is 6.54 Å². The number of pyridine rings is 1. The second kappa shape index (κ2) is 15.1. The highest BCUT2D eigenvalue weighted by molar-refractivity contribution is 5.93. The number of nitrogens with zero attached hydrogens (tertiary/aromatic N) is 1. The number of primary amides is 1. The molecular formula is C18H25FN4O8. The number of carbonyl (C=O) groups is 5. The lowest BCUT2D eigenvalue weighted by Gasteiger charge is -2.10. The molecule has 0 fully saturated rings. The highest BCUT2D eigenvalue weighted by Gasteiger charge is 2.19. The number of nitrogens with two attached hydrogens (primary N) is 1. The van der Waals surface area contributed by atoms with Crippen LogP contribution in [0.5, 0.6) is 0 Å². The lowest BCUT2D eigenvalue weighted by Crippen LogP contribution is -2.43. The lowest BCUT2D eigenvalue weighted by molar-refractivity contribution is -0.141. The van der Waals surface area contributed by atoms with Crippen molar-refractivity contribution in [3.05, 3.63) is 29.8 Å². The zero-order valence-electron chi connectivity index (χ0n) is 16.5. The third-order valence-electron chi connectivity index (χ3n) is 3.60. The summed E-state index contributed by atoms with van der Waals surface area (Å²) >= 11 is 0. The van der Waals surface area contributed by atoms with Crippen molar-refractivity contribution in [3.63, 3.8) is 0 Å². The lowest BCUT2D eigenvalue weighted by atomic mass is 10.1. The van der Waals surface area contributed by atoms with Gasteiger partial charge >= 0.3 is 23.9 Å². The molecule has 1 rings (SSSR count). The molecule has 0 aliphatic carbocycles. The Morgan fingerprint density at radius 3 is 2.19 bits per heavy atom. The van der Waals surface area contributed by atoms with Crippen molar-refractivity contribution in [1.29, 1.82) is 0 Å². The third kappa shape index (κ3) is 14.8. The van der Waals surface area contributed by atoms with E-state index in [1.807, 2.05) is 5.32 Å². The number of nitrogens with one attached hydrogen (secondary N) is 2. The summed E-state index contributed by atoms with van der Waals surface area (Å²) in [5, 5.41) is 29.7. The molecule has 0 spiro atoms. The Balaban J connectivity index is 0.000000615. The van der Waals surface area contributed by atoms with Crippen LogP contribution in [0.3, 0.4) is 0 Å². The van der Waals surface area contributed by atoms with Crippen LogP contribution in [0.1, 0.15) is 48.9 Å². The number of amides is 3. The fraction of sp³-hybridized carbons (Fsp3) is 0.444. The predicted octanol–water partition coefficient (Wildman–Crippen LogP) is 0.568. The van der Waals surface area contributed by atoms with E-state index < -0.39 is 35.9 Å². The van der Waals surface area contributed by atoms with Gasteiger partial charge in [-0.3, -0.25) is 14.4 Å². The van der Waals surface area contributed by atoms with Crippen LogP contribution in [-0.4, -0.2) is 62.7 Å². The second-order valence-electron chi connectivity index (χ2n) is 6.16. The molecule has 0 saturated carbocycles. The van der Waals surface area contributed by atoms with Gasteiger partial charge in [0.15, 0.2) is 0 Å². The fourth-order valence-electron chi connectivity index (χ4n) is 2.12. The van der Waals surface area contributed by atoms with Gasteiger partial charge in [0.05, 0.1) is 0 Å². The van der Waals surface area contributed by atoms with Crippen molar-refractivity contribution in [3.8, 4) is 0 Å². The summed E-state index contributed by atoms with van der Waals surface area (Å²) < 4.78 is 12.7. The summed E-state index contributed by atoms with van der Waals surface area (Å²) in [6.45, 7) is 0.447. The Hall–Kier alpha value is -3.77. The van der Waals surface area contributed by atoms with Gasteiger partial charge in [-0.1, -0.05) is 6.42 Å². The first-order valence-corrected chi connectivity index (χ1v) is 9.15. The van der Waals surface area contributed by atoms with E-state index in [1.165, 1.54) is 12.3 Å². The Kier molecular flexibility index (Phi) is 13.3. The fourth-order valence-corrected chi connectivity index (χ4v) is 2.12. The second-order valence-corrected chi connectivity index (χ2v) is 6.16. The maximum Gasteiger partial charge on any atom is 0.326 e. The van der Waals surface area contributed by atoms with Crippen molar-refractivity contribution in [2.45, 2.75) is 44.6 Å². The summed E-state index contributed by atoms with van der Waals surface area (Å²) in [6, 6.07) is 0.272. The van der Waals surface area contributed by atoms with Gasteiger partial charge in [-0.15, -0.1) is 0 Å². The Bertz CT molecular complexity index is 775. The van der Waals surface area contributed by atoms with Crippen molar-refractivity contribution in [1.82, 2.24) is 15.6 Å². The van der Waals surface area contributed by atoms with Crippen LogP contribution in [0, 0.1) is 5.95 Å². The largest absolute Gasteiger partial charge is 0.481 e. The van der Waals surface area contributed by atoms with Crippen molar-refractivity contribution >= 4 is 29.8 Å². The Morgan fingerprint density at radius 2 is 1.68 bits per heavy atom. The molecule has 1 atom stereocenters. The van der Waals surface area contributed by atoms with Gasteiger partial charge in [-0.25, -0.2) is 14.6 Å². The van der Waals surface area contributed by atoms with Gasteiger partial charge < -0.3 is 31.7 Å². The van der Waals surface area contributed by atoms with E-state index in [4.69, 9.17) is 15.3 Å². The van der Waals surface area contributed by atoms with E-state index in [0.717, 1.165) is 12.5 Å². The first-order chi connectivity index (χ1) is 14.5. The summed E-state index contributed by atoms with van der Waals surface area (Å²) in [5.74, 6) is -4.29. The standard InChI is InChI=1S/C12H15FN2O3.C6H10N2O5/c13-10-8-9(5-7-14-10)12(18)15-6-3-1-2-4-11(16)17;7-6(13)8-3(5(11)12)1-2-4(9)10/h5,7-8H,1-4,6H2,(H,15,18)(H,16,17);3H,1-2H2,(H,9,10)(H,11,12)(H3,7,8,13). The summed E-state index contributed by atoms with van der Waals surface area (Å²) in [4.78, 5) is 55.9. The van der Waals surface area contributed by atoms with E-state index in [9.17, 15) is 28.4 Å². The average molecular weight is 444 g/mol. The van der Waals surface area contributed by atoms with Gasteiger partial charge in [0, 0.05) is 37.2 Å². The molecule has 172 valence electrons. The van der Waals surface area contributed by atoms with E-state index in [0.29, 0.717) is 19.4 Å². The first kappa shape index (κ1) is 27.2. The molecule has 3 amide bonds. The molecule has 0 aliphatic heterocycles. The van der Waals surface area contributed by atoms with Gasteiger partial charge in [-0.05, 0) is 25.3 Å². The molecule has 1 aromatic heterocycles. The van der Waals surface area contributed by atoms with Gasteiger partial charge in [0.1, 0.15) is 6.04 Å². The number of halogens is 1. The van der Waals surface area contributed by atoms with Crippen LogP contribution in [0.4, 0.5) is 9.18 Å². The number of urea groups is 1. The zero-order valence-corrected chi connectivity index (χ0v) is 16.5.